The molecule has 2 N–H and O–H groups in total. The Kier molecular flexibility index (Phi) is 2.70. The maximum absolute atomic E-state index is 6.21. The predicted octanol–water partition coefficient (Wildman–Crippen LogP) is 3.18. The lowest BCUT2D eigenvalue weighted by Gasteiger charge is -2.13. The summed E-state index contributed by atoms with van der Waals surface area (Å²) in [5.41, 5.74) is 8.09. The molecule has 0 spiro atoms. The fraction of sp³-hybridized carbons (Fsp3) is 0.167. The highest BCUT2D eigenvalue weighted by Gasteiger charge is 2.20. The lowest BCUT2D eigenvalue weighted by molar-refractivity contribution is 0.174. The first kappa shape index (κ1) is 10.9. The van der Waals surface area contributed by atoms with E-state index in [0.717, 1.165) is 11.1 Å². The van der Waals surface area contributed by atoms with Crippen molar-refractivity contribution in [3.63, 3.8) is 0 Å². The first-order valence-corrected chi connectivity index (χ1v) is 6.44. The van der Waals surface area contributed by atoms with Crippen LogP contribution in [0.2, 0.25) is 5.02 Å². The van der Waals surface area contributed by atoms with Crippen molar-refractivity contribution in [2.45, 2.75) is 6.04 Å². The highest BCUT2D eigenvalue weighted by Crippen LogP contribution is 2.39. The van der Waals surface area contributed by atoms with E-state index in [4.69, 9.17) is 26.8 Å². The van der Waals surface area contributed by atoms with Crippen LogP contribution in [0.4, 0.5) is 0 Å². The van der Waals surface area contributed by atoms with Gasteiger partial charge in [0.15, 0.2) is 11.5 Å². The van der Waals surface area contributed by atoms with Gasteiger partial charge in [0.2, 0.25) is 6.79 Å². The fourth-order valence-electron chi connectivity index (χ4n) is 1.80. The van der Waals surface area contributed by atoms with Crippen molar-refractivity contribution in [3.05, 3.63) is 45.1 Å². The molecule has 0 bridgehead atoms. The summed E-state index contributed by atoms with van der Waals surface area (Å²) in [6, 6.07) is 5.37. The Morgan fingerprint density at radius 2 is 2.06 bits per heavy atom. The minimum atomic E-state index is -0.233. The van der Waals surface area contributed by atoms with E-state index in [1.165, 1.54) is 0 Å². The summed E-state index contributed by atoms with van der Waals surface area (Å²) in [4.78, 5) is 0. The number of nitrogens with two attached hydrogens (primary N) is 1. The van der Waals surface area contributed by atoms with Crippen molar-refractivity contribution >= 4 is 22.9 Å². The van der Waals surface area contributed by atoms with E-state index in [2.05, 4.69) is 0 Å². The Labute approximate surface area is 108 Å². The molecule has 1 aromatic carbocycles. The average Bonchev–Trinajstić information content (AvgIpc) is 2.97. The van der Waals surface area contributed by atoms with Gasteiger partial charge in [-0.2, -0.15) is 11.3 Å². The van der Waals surface area contributed by atoms with Gasteiger partial charge >= 0.3 is 0 Å². The maximum atomic E-state index is 6.21. The second kappa shape index (κ2) is 4.22. The number of fused-ring (bicyclic) bond motifs is 1. The average molecular weight is 268 g/mol. The van der Waals surface area contributed by atoms with Gasteiger partial charge in [0.25, 0.3) is 0 Å². The summed E-state index contributed by atoms with van der Waals surface area (Å²) in [5.74, 6) is 1.38. The van der Waals surface area contributed by atoms with E-state index in [-0.39, 0.29) is 12.8 Å². The Morgan fingerprint density at radius 1 is 1.29 bits per heavy atom. The van der Waals surface area contributed by atoms with Gasteiger partial charge in [0.05, 0.1) is 6.04 Å². The molecule has 88 valence electrons. The van der Waals surface area contributed by atoms with Crippen molar-refractivity contribution in [1.29, 1.82) is 0 Å². The minimum Gasteiger partial charge on any atom is -0.454 e. The van der Waals surface area contributed by atoms with Crippen LogP contribution in [0.5, 0.6) is 11.5 Å². The van der Waals surface area contributed by atoms with Crippen LogP contribution in [-0.4, -0.2) is 6.79 Å². The number of halogens is 1. The van der Waals surface area contributed by atoms with E-state index in [9.17, 15) is 0 Å². The Hall–Kier alpha value is -1.23. The SMILES string of the molecule is N[C@@H](c1ccsc1)c1cc2c(cc1Cl)OCO2. The number of benzene rings is 1. The van der Waals surface area contributed by atoms with E-state index in [1.54, 1.807) is 17.4 Å². The summed E-state index contributed by atoms with van der Waals surface area (Å²) in [6.07, 6.45) is 0. The van der Waals surface area contributed by atoms with E-state index >= 15 is 0 Å². The quantitative estimate of drug-likeness (QED) is 0.909. The van der Waals surface area contributed by atoms with Gasteiger partial charge in [-0.05, 0) is 34.0 Å². The molecule has 1 atom stereocenters. The Balaban J connectivity index is 2.03. The van der Waals surface area contributed by atoms with Crippen molar-refractivity contribution in [3.8, 4) is 11.5 Å². The number of thiophene rings is 1. The molecule has 0 unspecified atom stereocenters. The molecule has 1 aliphatic rings. The van der Waals surface area contributed by atoms with Gasteiger partial charge in [0.1, 0.15) is 0 Å². The predicted molar refractivity (Wildman–Crippen MR) is 67.9 cm³/mol. The third-order valence-electron chi connectivity index (χ3n) is 2.73. The molecule has 1 aromatic heterocycles. The molecule has 5 heteroatoms. The summed E-state index contributed by atoms with van der Waals surface area (Å²) in [7, 11) is 0. The third kappa shape index (κ3) is 1.88. The second-order valence-corrected chi connectivity index (χ2v) is 4.95. The maximum Gasteiger partial charge on any atom is 0.231 e. The zero-order chi connectivity index (χ0) is 11.8. The number of hydrogen-bond donors (Lipinski definition) is 1. The summed E-state index contributed by atoms with van der Waals surface area (Å²) in [6.45, 7) is 0.239. The van der Waals surface area contributed by atoms with E-state index in [1.807, 2.05) is 22.9 Å². The molecule has 0 saturated heterocycles. The fourth-order valence-corrected chi connectivity index (χ4v) is 2.77. The highest BCUT2D eigenvalue weighted by molar-refractivity contribution is 7.08. The van der Waals surface area contributed by atoms with Crippen molar-refractivity contribution in [2.24, 2.45) is 5.73 Å². The lowest BCUT2D eigenvalue weighted by Crippen LogP contribution is -2.11. The topological polar surface area (TPSA) is 44.5 Å². The molecule has 3 nitrogen and oxygen atoms in total. The molecule has 0 fully saturated rings. The molecule has 0 amide bonds. The minimum absolute atomic E-state index is 0.233. The molecule has 2 heterocycles. The van der Waals surface area contributed by atoms with Crippen LogP contribution in [0.25, 0.3) is 0 Å². The second-order valence-electron chi connectivity index (χ2n) is 3.76. The van der Waals surface area contributed by atoms with Crippen LogP contribution >= 0.6 is 22.9 Å². The van der Waals surface area contributed by atoms with Gasteiger partial charge in [-0.25, -0.2) is 0 Å². The van der Waals surface area contributed by atoms with Crippen LogP contribution in [0, 0.1) is 0 Å². The highest BCUT2D eigenvalue weighted by atomic mass is 35.5. The molecule has 2 aromatic rings. The van der Waals surface area contributed by atoms with Gasteiger partial charge in [-0.1, -0.05) is 11.6 Å². The van der Waals surface area contributed by atoms with Gasteiger partial charge in [-0.15, -0.1) is 0 Å². The smallest absolute Gasteiger partial charge is 0.231 e. The van der Waals surface area contributed by atoms with Gasteiger partial charge in [-0.3, -0.25) is 0 Å². The van der Waals surface area contributed by atoms with Crippen LogP contribution in [0.15, 0.2) is 29.0 Å². The van der Waals surface area contributed by atoms with Crippen molar-refractivity contribution < 1.29 is 9.47 Å². The molecule has 0 saturated carbocycles. The molecule has 17 heavy (non-hydrogen) atoms. The van der Waals surface area contributed by atoms with Gasteiger partial charge < -0.3 is 15.2 Å². The third-order valence-corrected chi connectivity index (χ3v) is 3.76. The summed E-state index contributed by atoms with van der Waals surface area (Å²) >= 11 is 7.82. The number of rotatable bonds is 2. The Morgan fingerprint density at radius 3 is 2.76 bits per heavy atom. The van der Waals surface area contributed by atoms with Crippen LogP contribution in [-0.2, 0) is 0 Å². The Bertz CT molecular complexity index is 542. The van der Waals surface area contributed by atoms with Gasteiger partial charge in [0, 0.05) is 11.1 Å². The monoisotopic (exact) mass is 267 g/mol. The number of ether oxygens (including phenoxy) is 2. The molecular weight excluding hydrogens is 258 g/mol. The van der Waals surface area contributed by atoms with Crippen molar-refractivity contribution in [2.75, 3.05) is 6.79 Å². The first-order valence-electron chi connectivity index (χ1n) is 5.12. The standard InChI is InChI=1S/C12H10ClNO2S/c13-9-4-11-10(15-6-16-11)3-8(9)12(14)7-1-2-17-5-7/h1-5,12H,6,14H2/t12-/m0/s1. The molecule has 3 rings (SSSR count). The molecule has 0 radical (unpaired) electrons. The summed E-state index contributed by atoms with van der Waals surface area (Å²) < 4.78 is 10.6. The van der Waals surface area contributed by atoms with E-state index < -0.39 is 0 Å². The van der Waals surface area contributed by atoms with Crippen molar-refractivity contribution in [1.82, 2.24) is 0 Å². The lowest BCUT2D eigenvalue weighted by atomic mass is 10.0. The van der Waals surface area contributed by atoms with Crippen LogP contribution < -0.4 is 15.2 Å². The number of hydrogen-bond acceptors (Lipinski definition) is 4. The molecule has 0 aliphatic carbocycles. The molecule has 1 aliphatic heterocycles. The zero-order valence-electron chi connectivity index (χ0n) is 8.85. The van der Waals surface area contributed by atoms with E-state index in [0.29, 0.717) is 16.5 Å². The largest absolute Gasteiger partial charge is 0.454 e. The first-order chi connectivity index (χ1) is 8.25. The van der Waals surface area contributed by atoms with Crippen LogP contribution in [0.1, 0.15) is 17.2 Å². The van der Waals surface area contributed by atoms with Crippen LogP contribution in [0.3, 0.4) is 0 Å². The summed E-state index contributed by atoms with van der Waals surface area (Å²) in [5, 5.41) is 4.62. The molecular formula is C12H10ClNO2S. The zero-order valence-corrected chi connectivity index (χ0v) is 10.4. The normalized spacial score (nSPS) is 14.9.